The molecular formula is C16H17ClO. The first-order chi connectivity index (χ1) is 8.65. The van der Waals surface area contributed by atoms with Crippen molar-refractivity contribution in [3.63, 3.8) is 0 Å². The van der Waals surface area contributed by atoms with Crippen LogP contribution in [0.25, 0.3) is 0 Å². The Labute approximate surface area is 113 Å². The van der Waals surface area contributed by atoms with Gasteiger partial charge in [0.1, 0.15) is 0 Å². The molecule has 0 spiro atoms. The predicted octanol–water partition coefficient (Wildman–Crippen LogP) is 4.31. The van der Waals surface area contributed by atoms with Crippen LogP contribution in [-0.2, 0) is 6.42 Å². The van der Waals surface area contributed by atoms with Crippen LogP contribution in [0.15, 0.2) is 48.5 Å². The van der Waals surface area contributed by atoms with Crippen molar-refractivity contribution in [2.24, 2.45) is 0 Å². The number of aliphatic hydroxyl groups is 1. The maximum Gasteiger partial charge on any atom is 0.0793 e. The Morgan fingerprint density at radius 2 is 1.61 bits per heavy atom. The molecule has 2 aromatic rings. The van der Waals surface area contributed by atoms with Gasteiger partial charge in [0.2, 0.25) is 0 Å². The Kier molecular flexibility index (Phi) is 4.40. The lowest BCUT2D eigenvalue weighted by atomic mass is 10.0. The van der Waals surface area contributed by atoms with Crippen LogP contribution >= 0.6 is 11.6 Å². The van der Waals surface area contributed by atoms with Gasteiger partial charge in [0.15, 0.2) is 0 Å². The highest BCUT2D eigenvalue weighted by molar-refractivity contribution is 6.30. The standard InChI is InChI=1S/C16H17ClO/c1-12-2-7-14(8-3-12)16(18)11-6-13-4-9-15(17)10-5-13/h2-5,7-10,16,18H,6,11H2,1H3/t16-/m1/s1. The Morgan fingerprint density at radius 1 is 1.00 bits per heavy atom. The minimum absolute atomic E-state index is 0.402. The van der Waals surface area contributed by atoms with Crippen molar-refractivity contribution in [2.75, 3.05) is 0 Å². The number of rotatable bonds is 4. The van der Waals surface area contributed by atoms with Crippen molar-refractivity contribution >= 4 is 11.6 Å². The van der Waals surface area contributed by atoms with Gasteiger partial charge in [-0.15, -0.1) is 0 Å². The summed E-state index contributed by atoms with van der Waals surface area (Å²) in [4.78, 5) is 0. The zero-order valence-corrected chi connectivity index (χ0v) is 11.2. The molecule has 2 heteroatoms. The van der Waals surface area contributed by atoms with Crippen LogP contribution in [-0.4, -0.2) is 5.11 Å². The number of aliphatic hydroxyl groups excluding tert-OH is 1. The summed E-state index contributed by atoms with van der Waals surface area (Å²) in [6.07, 6.45) is 1.18. The molecule has 0 radical (unpaired) electrons. The largest absolute Gasteiger partial charge is 0.388 e. The zero-order valence-electron chi connectivity index (χ0n) is 10.4. The maximum absolute atomic E-state index is 10.1. The smallest absolute Gasteiger partial charge is 0.0793 e. The van der Waals surface area contributed by atoms with E-state index in [2.05, 4.69) is 0 Å². The normalized spacial score (nSPS) is 12.4. The lowest BCUT2D eigenvalue weighted by Crippen LogP contribution is -1.99. The lowest BCUT2D eigenvalue weighted by Gasteiger charge is -2.11. The van der Waals surface area contributed by atoms with E-state index in [0.29, 0.717) is 0 Å². The van der Waals surface area contributed by atoms with E-state index >= 15 is 0 Å². The fraction of sp³-hybridized carbons (Fsp3) is 0.250. The number of halogens is 1. The molecule has 1 N–H and O–H groups in total. The summed E-state index contributed by atoms with van der Waals surface area (Å²) in [6.45, 7) is 2.05. The van der Waals surface area contributed by atoms with E-state index < -0.39 is 6.10 Å². The van der Waals surface area contributed by atoms with Crippen LogP contribution in [0.5, 0.6) is 0 Å². The molecule has 94 valence electrons. The van der Waals surface area contributed by atoms with Crippen LogP contribution in [0.1, 0.15) is 29.2 Å². The van der Waals surface area contributed by atoms with Crippen LogP contribution in [0, 0.1) is 6.92 Å². The average molecular weight is 261 g/mol. The van der Waals surface area contributed by atoms with Gasteiger partial charge in [-0.3, -0.25) is 0 Å². The first-order valence-corrected chi connectivity index (χ1v) is 6.52. The highest BCUT2D eigenvalue weighted by atomic mass is 35.5. The minimum atomic E-state index is -0.402. The van der Waals surface area contributed by atoms with Crippen LogP contribution in [0.4, 0.5) is 0 Å². The molecule has 2 rings (SSSR count). The topological polar surface area (TPSA) is 20.2 Å². The second-order valence-electron chi connectivity index (χ2n) is 4.59. The number of hydrogen-bond acceptors (Lipinski definition) is 1. The molecule has 0 fully saturated rings. The monoisotopic (exact) mass is 260 g/mol. The highest BCUT2D eigenvalue weighted by Gasteiger charge is 2.07. The first kappa shape index (κ1) is 13.1. The van der Waals surface area contributed by atoms with E-state index in [0.717, 1.165) is 23.4 Å². The van der Waals surface area contributed by atoms with Gasteiger partial charge in [-0.25, -0.2) is 0 Å². The summed E-state index contributed by atoms with van der Waals surface area (Å²) >= 11 is 5.84. The summed E-state index contributed by atoms with van der Waals surface area (Å²) < 4.78 is 0. The van der Waals surface area contributed by atoms with Gasteiger partial charge in [0.25, 0.3) is 0 Å². The lowest BCUT2D eigenvalue weighted by molar-refractivity contribution is 0.168. The summed E-state index contributed by atoms with van der Waals surface area (Å²) in [5, 5.41) is 10.8. The third-order valence-corrected chi connectivity index (χ3v) is 3.33. The van der Waals surface area contributed by atoms with Gasteiger partial charge in [0, 0.05) is 5.02 Å². The quantitative estimate of drug-likeness (QED) is 0.868. The third-order valence-electron chi connectivity index (χ3n) is 3.08. The number of benzene rings is 2. The van der Waals surface area contributed by atoms with Crippen molar-refractivity contribution in [3.8, 4) is 0 Å². The molecule has 0 saturated carbocycles. The molecule has 1 atom stereocenters. The fourth-order valence-electron chi connectivity index (χ4n) is 1.91. The SMILES string of the molecule is Cc1ccc([C@H](O)CCc2ccc(Cl)cc2)cc1. The Hall–Kier alpha value is -1.31. The average Bonchev–Trinajstić information content (AvgIpc) is 2.38. The van der Waals surface area contributed by atoms with Crippen LogP contribution < -0.4 is 0 Å². The molecule has 0 saturated heterocycles. The molecule has 18 heavy (non-hydrogen) atoms. The van der Waals surface area contributed by atoms with E-state index in [4.69, 9.17) is 11.6 Å². The maximum atomic E-state index is 10.1. The molecule has 0 aliphatic carbocycles. The molecule has 0 amide bonds. The first-order valence-electron chi connectivity index (χ1n) is 6.14. The molecular weight excluding hydrogens is 244 g/mol. The van der Waals surface area contributed by atoms with Gasteiger partial charge < -0.3 is 5.11 Å². The summed E-state index contributed by atoms with van der Waals surface area (Å²) in [5.74, 6) is 0. The molecule has 1 nitrogen and oxygen atoms in total. The van der Waals surface area contributed by atoms with E-state index in [1.807, 2.05) is 55.5 Å². The molecule has 0 aromatic heterocycles. The van der Waals surface area contributed by atoms with E-state index in [1.165, 1.54) is 11.1 Å². The van der Waals surface area contributed by atoms with E-state index in [1.54, 1.807) is 0 Å². The Bertz CT molecular complexity index is 488. The molecule has 0 aliphatic heterocycles. The fourth-order valence-corrected chi connectivity index (χ4v) is 2.04. The molecule has 0 aliphatic rings. The van der Waals surface area contributed by atoms with Crippen LogP contribution in [0.3, 0.4) is 0 Å². The number of aryl methyl sites for hydroxylation is 2. The molecule has 0 bridgehead atoms. The van der Waals surface area contributed by atoms with Gasteiger partial charge in [-0.05, 0) is 43.0 Å². The van der Waals surface area contributed by atoms with E-state index in [-0.39, 0.29) is 0 Å². The Balaban J connectivity index is 1.93. The summed E-state index contributed by atoms with van der Waals surface area (Å²) in [5.41, 5.74) is 3.39. The molecule has 2 aromatic carbocycles. The Morgan fingerprint density at radius 3 is 2.22 bits per heavy atom. The second-order valence-corrected chi connectivity index (χ2v) is 5.03. The van der Waals surface area contributed by atoms with Crippen molar-refractivity contribution in [2.45, 2.75) is 25.9 Å². The molecule has 0 heterocycles. The van der Waals surface area contributed by atoms with Crippen molar-refractivity contribution in [1.82, 2.24) is 0 Å². The molecule has 0 unspecified atom stereocenters. The van der Waals surface area contributed by atoms with Gasteiger partial charge >= 0.3 is 0 Å². The van der Waals surface area contributed by atoms with Crippen molar-refractivity contribution in [3.05, 3.63) is 70.2 Å². The zero-order chi connectivity index (χ0) is 13.0. The summed E-state index contributed by atoms with van der Waals surface area (Å²) in [7, 11) is 0. The van der Waals surface area contributed by atoms with Gasteiger partial charge in [-0.2, -0.15) is 0 Å². The van der Waals surface area contributed by atoms with E-state index in [9.17, 15) is 5.11 Å². The van der Waals surface area contributed by atoms with Gasteiger partial charge in [0.05, 0.1) is 6.10 Å². The van der Waals surface area contributed by atoms with Crippen molar-refractivity contribution in [1.29, 1.82) is 0 Å². The van der Waals surface area contributed by atoms with Crippen molar-refractivity contribution < 1.29 is 5.11 Å². The minimum Gasteiger partial charge on any atom is -0.388 e. The summed E-state index contributed by atoms with van der Waals surface area (Å²) in [6, 6.07) is 15.8. The van der Waals surface area contributed by atoms with Gasteiger partial charge in [-0.1, -0.05) is 53.6 Å². The number of hydrogen-bond donors (Lipinski definition) is 1. The highest BCUT2D eigenvalue weighted by Crippen LogP contribution is 2.20. The second kappa shape index (κ2) is 6.03. The van der Waals surface area contributed by atoms with Crippen LogP contribution in [0.2, 0.25) is 5.02 Å². The predicted molar refractivity (Wildman–Crippen MR) is 75.9 cm³/mol. The third kappa shape index (κ3) is 3.59.